The lowest BCUT2D eigenvalue weighted by Gasteiger charge is -2.05. The highest BCUT2D eigenvalue weighted by atomic mass is 16.5. The molecule has 2 nitrogen and oxygen atoms in total. The third-order valence-corrected chi connectivity index (χ3v) is 4.71. The standard InChI is InChI=1S/C14H12O2.C10H10.C8H8/c15-10-12-6-8-14(9-7-12)16-11-13-4-2-1-3-5-13;1-3-9-5-7-10(4-2)8-6-9;1-2-8-6-4-3-5-7-8/h1-10H,11H2;3-8H,1-2H2;2-7H,1H2. The van der Waals surface area contributed by atoms with Crippen LogP contribution < -0.4 is 4.74 Å². The summed E-state index contributed by atoms with van der Waals surface area (Å²) >= 11 is 0. The Morgan fingerprint density at radius 3 is 1.35 bits per heavy atom. The van der Waals surface area contributed by atoms with Crippen molar-refractivity contribution >= 4 is 24.5 Å². The molecule has 0 spiro atoms. The molecule has 2 heteroatoms. The van der Waals surface area contributed by atoms with E-state index < -0.39 is 0 Å². The van der Waals surface area contributed by atoms with Gasteiger partial charge in [-0.2, -0.15) is 0 Å². The van der Waals surface area contributed by atoms with E-state index >= 15 is 0 Å². The molecule has 0 saturated carbocycles. The van der Waals surface area contributed by atoms with Gasteiger partial charge in [0, 0.05) is 5.56 Å². The van der Waals surface area contributed by atoms with E-state index in [0.29, 0.717) is 12.2 Å². The summed E-state index contributed by atoms with van der Waals surface area (Å²) in [6.45, 7) is 11.5. The fraction of sp³-hybridized carbons (Fsp3) is 0.0312. The van der Waals surface area contributed by atoms with E-state index in [9.17, 15) is 4.79 Å². The lowest BCUT2D eigenvalue weighted by Crippen LogP contribution is -1.94. The fourth-order valence-corrected chi connectivity index (χ4v) is 2.74. The summed E-state index contributed by atoms with van der Waals surface area (Å²) in [5, 5.41) is 0. The average molecular weight is 447 g/mol. The van der Waals surface area contributed by atoms with Gasteiger partial charge in [0.2, 0.25) is 0 Å². The van der Waals surface area contributed by atoms with Gasteiger partial charge in [0.15, 0.2) is 0 Å². The molecule has 0 bridgehead atoms. The van der Waals surface area contributed by atoms with Crippen molar-refractivity contribution in [1.82, 2.24) is 0 Å². The van der Waals surface area contributed by atoms with Crippen molar-refractivity contribution in [2.45, 2.75) is 6.61 Å². The van der Waals surface area contributed by atoms with Gasteiger partial charge in [-0.3, -0.25) is 4.79 Å². The normalized spacial score (nSPS) is 9.18. The Kier molecular flexibility index (Phi) is 11.7. The first-order valence-corrected chi connectivity index (χ1v) is 10.9. The molecule has 0 radical (unpaired) electrons. The minimum Gasteiger partial charge on any atom is -0.489 e. The van der Waals surface area contributed by atoms with E-state index in [-0.39, 0.29) is 0 Å². The van der Waals surface area contributed by atoms with E-state index in [1.165, 1.54) is 5.56 Å². The van der Waals surface area contributed by atoms with Crippen LogP contribution in [-0.2, 0) is 6.61 Å². The Labute approximate surface area is 203 Å². The molecule has 0 heterocycles. The zero-order valence-corrected chi connectivity index (χ0v) is 19.3. The summed E-state index contributed by atoms with van der Waals surface area (Å²) in [6, 6.07) is 35.1. The van der Waals surface area contributed by atoms with Crippen LogP contribution in [0.3, 0.4) is 0 Å². The average Bonchev–Trinajstić information content (AvgIpc) is 2.94. The maximum absolute atomic E-state index is 10.5. The number of aldehydes is 1. The maximum Gasteiger partial charge on any atom is 0.150 e. The van der Waals surface area contributed by atoms with Gasteiger partial charge in [-0.15, -0.1) is 0 Å². The molecule has 0 aliphatic heterocycles. The van der Waals surface area contributed by atoms with Gasteiger partial charge in [-0.25, -0.2) is 0 Å². The van der Waals surface area contributed by atoms with Crippen LogP contribution in [0.25, 0.3) is 18.2 Å². The van der Waals surface area contributed by atoms with Crippen molar-refractivity contribution < 1.29 is 9.53 Å². The molecule has 4 rings (SSSR count). The fourth-order valence-electron chi connectivity index (χ4n) is 2.74. The predicted molar refractivity (Wildman–Crippen MR) is 146 cm³/mol. The Bertz CT molecular complexity index is 1100. The molecule has 0 N–H and O–H groups in total. The van der Waals surface area contributed by atoms with E-state index in [0.717, 1.165) is 28.7 Å². The molecule has 0 amide bonds. The van der Waals surface area contributed by atoms with Crippen molar-refractivity contribution in [3.63, 3.8) is 0 Å². The zero-order chi connectivity index (χ0) is 24.4. The van der Waals surface area contributed by atoms with E-state index in [4.69, 9.17) is 4.74 Å². The summed E-state index contributed by atoms with van der Waals surface area (Å²) < 4.78 is 5.58. The highest BCUT2D eigenvalue weighted by Gasteiger charge is 1.95. The number of rotatable bonds is 7. The van der Waals surface area contributed by atoms with Crippen LogP contribution in [-0.4, -0.2) is 6.29 Å². The van der Waals surface area contributed by atoms with Crippen molar-refractivity contribution in [1.29, 1.82) is 0 Å². The van der Waals surface area contributed by atoms with Crippen molar-refractivity contribution in [3.8, 4) is 5.75 Å². The molecule has 0 aliphatic rings. The Balaban J connectivity index is 0.000000195. The lowest BCUT2D eigenvalue weighted by atomic mass is 10.1. The van der Waals surface area contributed by atoms with E-state index in [2.05, 4.69) is 19.7 Å². The summed E-state index contributed by atoms with van der Waals surface area (Å²) in [5.41, 5.74) is 5.25. The molecule has 0 saturated heterocycles. The molecule has 0 unspecified atom stereocenters. The molecule has 34 heavy (non-hydrogen) atoms. The summed E-state index contributed by atoms with van der Waals surface area (Å²) in [5.74, 6) is 0.773. The number of carbonyl (C=O) groups excluding carboxylic acids is 1. The zero-order valence-electron chi connectivity index (χ0n) is 19.3. The van der Waals surface area contributed by atoms with Crippen LogP contribution in [0.15, 0.2) is 129 Å². The molecular weight excluding hydrogens is 416 g/mol. The summed E-state index contributed by atoms with van der Waals surface area (Å²) in [7, 11) is 0. The highest BCUT2D eigenvalue weighted by Crippen LogP contribution is 2.13. The number of ether oxygens (including phenoxy) is 1. The first kappa shape index (κ1) is 25.8. The predicted octanol–water partition coefficient (Wildman–Crippen LogP) is 8.38. The number of carbonyl (C=O) groups is 1. The third kappa shape index (κ3) is 9.80. The Morgan fingerprint density at radius 1 is 0.529 bits per heavy atom. The van der Waals surface area contributed by atoms with Gasteiger partial charge in [0.05, 0.1) is 0 Å². The topological polar surface area (TPSA) is 26.3 Å². The van der Waals surface area contributed by atoms with Crippen LogP contribution >= 0.6 is 0 Å². The van der Waals surface area contributed by atoms with Crippen LogP contribution in [0.2, 0.25) is 0 Å². The summed E-state index contributed by atoms with van der Waals surface area (Å²) in [6.07, 6.45) is 6.31. The first-order valence-electron chi connectivity index (χ1n) is 10.9. The van der Waals surface area contributed by atoms with Crippen LogP contribution in [0, 0.1) is 0 Å². The Hall–Kier alpha value is -4.43. The molecule has 0 fully saturated rings. The minimum absolute atomic E-state index is 0.543. The summed E-state index contributed by atoms with van der Waals surface area (Å²) in [4.78, 5) is 10.5. The molecule has 170 valence electrons. The van der Waals surface area contributed by atoms with Gasteiger partial charge < -0.3 is 4.74 Å². The SMILES string of the molecule is C=Cc1ccc(C=C)cc1.C=Cc1ccccc1.O=Cc1ccc(OCc2ccccc2)cc1. The molecule has 4 aromatic rings. The molecule has 0 aliphatic carbocycles. The number of benzene rings is 4. The van der Waals surface area contributed by atoms with Gasteiger partial charge >= 0.3 is 0 Å². The maximum atomic E-state index is 10.5. The van der Waals surface area contributed by atoms with Crippen LogP contribution in [0.1, 0.15) is 32.6 Å². The van der Waals surface area contributed by atoms with Gasteiger partial charge in [-0.05, 0) is 46.5 Å². The van der Waals surface area contributed by atoms with Crippen LogP contribution in [0.4, 0.5) is 0 Å². The van der Waals surface area contributed by atoms with E-state index in [1.54, 1.807) is 24.3 Å². The Morgan fingerprint density at radius 2 is 0.941 bits per heavy atom. The van der Waals surface area contributed by atoms with Gasteiger partial charge in [0.25, 0.3) is 0 Å². The monoisotopic (exact) mass is 446 g/mol. The number of hydrogen-bond acceptors (Lipinski definition) is 2. The molecule has 4 aromatic carbocycles. The number of hydrogen-bond donors (Lipinski definition) is 0. The quantitative estimate of drug-likeness (QED) is 0.266. The molecule has 0 atom stereocenters. The minimum atomic E-state index is 0.543. The van der Waals surface area contributed by atoms with Crippen molar-refractivity contribution in [2.24, 2.45) is 0 Å². The van der Waals surface area contributed by atoms with Crippen molar-refractivity contribution in [3.05, 3.63) is 157 Å². The van der Waals surface area contributed by atoms with Crippen molar-refractivity contribution in [2.75, 3.05) is 0 Å². The van der Waals surface area contributed by atoms with E-state index in [1.807, 2.05) is 103 Å². The molecule has 0 aromatic heterocycles. The third-order valence-electron chi connectivity index (χ3n) is 4.71. The molecular formula is C32H30O2. The first-order chi connectivity index (χ1) is 16.7. The second-order valence-corrected chi connectivity index (χ2v) is 7.15. The second kappa shape index (κ2) is 15.4. The van der Waals surface area contributed by atoms with Gasteiger partial charge in [-0.1, -0.05) is 123 Å². The lowest BCUT2D eigenvalue weighted by molar-refractivity contribution is 0.112. The largest absolute Gasteiger partial charge is 0.489 e. The van der Waals surface area contributed by atoms with Crippen LogP contribution in [0.5, 0.6) is 5.75 Å². The van der Waals surface area contributed by atoms with Gasteiger partial charge in [0.1, 0.15) is 18.6 Å². The highest BCUT2D eigenvalue weighted by molar-refractivity contribution is 5.74. The second-order valence-electron chi connectivity index (χ2n) is 7.15. The smallest absolute Gasteiger partial charge is 0.150 e.